The number of nitrogen functional groups attached to an aromatic ring is 1. The molecular weight excluding hydrogens is 286 g/mol. The Kier molecular flexibility index (Phi) is 7.08. The molecule has 0 aromatic heterocycles. The summed E-state index contributed by atoms with van der Waals surface area (Å²) in [6.45, 7) is 6.29. The van der Waals surface area contributed by atoms with Crippen LogP contribution in [-0.2, 0) is 9.59 Å². The summed E-state index contributed by atoms with van der Waals surface area (Å²) in [5.41, 5.74) is 6.32. The van der Waals surface area contributed by atoms with Crippen molar-refractivity contribution < 1.29 is 9.59 Å². The second-order valence-electron chi connectivity index (χ2n) is 4.99. The number of thioether (sulfide) groups is 1. The van der Waals surface area contributed by atoms with Crippen LogP contribution in [0.3, 0.4) is 0 Å². The smallest absolute Gasteiger partial charge is 0.239 e. The molecule has 0 heterocycles. The first-order valence-corrected chi connectivity index (χ1v) is 7.96. The van der Waals surface area contributed by atoms with Gasteiger partial charge in [-0.1, -0.05) is 0 Å². The van der Waals surface area contributed by atoms with Crippen LogP contribution in [-0.4, -0.2) is 41.6 Å². The van der Waals surface area contributed by atoms with Gasteiger partial charge in [-0.3, -0.25) is 9.59 Å². The van der Waals surface area contributed by atoms with Gasteiger partial charge in [0.05, 0.1) is 12.3 Å². The summed E-state index contributed by atoms with van der Waals surface area (Å²) >= 11 is 1.44. The second kappa shape index (κ2) is 8.56. The van der Waals surface area contributed by atoms with E-state index in [-0.39, 0.29) is 24.4 Å². The number of anilines is 1. The molecule has 0 fully saturated rings. The molecule has 0 spiro atoms. The van der Waals surface area contributed by atoms with Crippen molar-refractivity contribution in [3.05, 3.63) is 24.3 Å². The Morgan fingerprint density at radius 1 is 1.29 bits per heavy atom. The molecule has 1 aromatic rings. The van der Waals surface area contributed by atoms with Gasteiger partial charge in [0.15, 0.2) is 0 Å². The van der Waals surface area contributed by atoms with Gasteiger partial charge >= 0.3 is 0 Å². The van der Waals surface area contributed by atoms with Gasteiger partial charge in [0.2, 0.25) is 11.8 Å². The molecule has 116 valence electrons. The van der Waals surface area contributed by atoms with E-state index in [1.807, 2.05) is 32.9 Å². The molecule has 21 heavy (non-hydrogen) atoms. The molecule has 3 N–H and O–H groups in total. The summed E-state index contributed by atoms with van der Waals surface area (Å²) in [4.78, 5) is 26.4. The molecule has 0 unspecified atom stereocenters. The topological polar surface area (TPSA) is 75.4 Å². The van der Waals surface area contributed by atoms with Crippen molar-refractivity contribution in [3.8, 4) is 0 Å². The second-order valence-corrected chi connectivity index (χ2v) is 6.04. The van der Waals surface area contributed by atoms with Gasteiger partial charge in [-0.25, -0.2) is 0 Å². The summed E-state index contributed by atoms with van der Waals surface area (Å²) in [6.07, 6.45) is 0. The highest BCUT2D eigenvalue weighted by molar-refractivity contribution is 8.00. The number of rotatable bonds is 7. The summed E-state index contributed by atoms with van der Waals surface area (Å²) in [6, 6.07) is 7.46. The van der Waals surface area contributed by atoms with E-state index in [2.05, 4.69) is 5.32 Å². The molecule has 0 aliphatic heterocycles. The van der Waals surface area contributed by atoms with Crippen LogP contribution in [0.4, 0.5) is 5.69 Å². The summed E-state index contributed by atoms with van der Waals surface area (Å²) in [5, 5.41) is 2.79. The summed E-state index contributed by atoms with van der Waals surface area (Å²) in [5.74, 6) is 0.142. The highest BCUT2D eigenvalue weighted by atomic mass is 32.2. The fourth-order valence-electron chi connectivity index (χ4n) is 1.72. The van der Waals surface area contributed by atoms with E-state index in [0.717, 1.165) is 4.90 Å². The minimum absolute atomic E-state index is 0.0433. The molecular formula is C15H23N3O2S. The SMILES string of the molecule is CCN(CC(=O)NC(C)C)C(=O)CSc1ccc(N)cc1. The third-order valence-electron chi connectivity index (χ3n) is 2.76. The fourth-order valence-corrected chi connectivity index (χ4v) is 2.52. The average Bonchev–Trinajstić information content (AvgIpc) is 2.43. The number of nitrogens with one attached hydrogen (secondary N) is 1. The van der Waals surface area contributed by atoms with E-state index in [1.165, 1.54) is 11.8 Å². The van der Waals surface area contributed by atoms with Crippen molar-refractivity contribution in [2.75, 3.05) is 24.6 Å². The Balaban J connectivity index is 2.47. The Morgan fingerprint density at radius 3 is 2.43 bits per heavy atom. The fraction of sp³-hybridized carbons (Fsp3) is 0.467. The predicted molar refractivity (Wildman–Crippen MR) is 87.1 cm³/mol. The molecule has 0 saturated carbocycles. The number of hydrogen-bond acceptors (Lipinski definition) is 4. The van der Waals surface area contributed by atoms with Crippen molar-refractivity contribution >= 4 is 29.3 Å². The Morgan fingerprint density at radius 2 is 1.90 bits per heavy atom. The van der Waals surface area contributed by atoms with E-state index >= 15 is 0 Å². The van der Waals surface area contributed by atoms with Crippen LogP contribution in [0.1, 0.15) is 20.8 Å². The van der Waals surface area contributed by atoms with Crippen LogP contribution in [0.5, 0.6) is 0 Å². The molecule has 0 radical (unpaired) electrons. The van der Waals surface area contributed by atoms with Gasteiger partial charge in [0, 0.05) is 23.2 Å². The molecule has 1 rings (SSSR count). The summed E-state index contributed by atoms with van der Waals surface area (Å²) < 4.78 is 0. The van der Waals surface area contributed by atoms with Crippen LogP contribution in [0.2, 0.25) is 0 Å². The van der Waals surface area contributed by atoms with Crippen molar-refractivity contribution in [3.63, 3.8) is 0 Å². The van der Waals surface area contributed by atoms with Crippen LogP contribution < -0.4 is 11.1 Å². The van der Waals surface area contributed by atoms with E-state index in [4.69, 9.17) is 5.73 Å². The number of benzene rings is 1. The van der Waals surface area contributed by atoms with E-state index in [1.54, 1.807) is 17.0 Å². The number of hydrogen-bond donors (Lipinski definition) is 2. The number of nitrogens with zero attached hydrogens (tertiary/aromatic N) is 1. The van der Waals surface area contributed by atoms with Gasteiger partial charge in [-0.05, 0) is 45.0 Å². The zero-order valence-corrected chi connectivity index (χ0v) is 13.6. The number of carbonyl (C=O) groups excluding carboxylic acids is 2. The summed E-state index contributed by atoms with van der Waals surface area (Å²) in [7, 11) is 0. The van der Waals surface area contributed by atoms with Crippen molar-refractivity contribution in [1.82, 2.24) is 10.2 Å². The monoisotopic (exact) mass is 309 g/mol. The van der Waals surface area contributed by atoms with Crippen molar-refractivity contribution in [2.45, 2.75) is 31.7 Å². The lowest BCUT2D eigenvalue weighted by Crippen LogP contribution is -2.43. The van der Waals surface area contributed by atoms with Crippen LogP contribution >= 0.6 is 11.8 Å². The first kappa shape index (κ1) is 17.4. The molecule has 2 amide bonds. The Hall–Kier alpha value is -1.69. The lowest BCUT2D eigenvalue weighted by molar-refractivity contribution is -0.134. The predicted octanol–water partition coefficient (Wildman–Crippen LogP) is 1.73. The quantitative estimate of drug-likeness (QED) is 0.594. The van der Waals surface area contributed by atoms with Gasteiger partial charge in [-0.2, -0.15) is 0 Å². The van der Waals surface area contributed by atoms with Crippen LogP contribution in [0.15, 0.2) is 29.2 Å². The zero-order valence-electron chi connectivity index (χ0n) is 12.8. The van der Waals surface area contributed by atoms with Gasteiger partial charge in [-0.15, -0.1) is 11.8 Å². The van der Waals surface area contributed by atoms with Crippen molar-refractivity contribution in [2.24, 2.45) is 0 Å². The van der Waals surface area contributed by atoms with Gasteiger partial charge in [0.1, 0.15) is 0 Å². The van der Waals surface area contributed by atoms with Crippen LogP contribution in [0.25, 0.3) is 0 Å². The maximum absolute atomic E-state index is 12.1. The lowest BCUT2D eigenvalue weighted by Gasteiger charge is -2.21. The Labute approximate surface area is 130 Å². The highest BCUT2D eigenvalue weighted by Gasteiger charge is 2.16. The molecule has 0 aliphatic carbocycles. The lowest BCUT2D eigenvalue weighted by atomic mass is 10.3. The zero-order chi connectivity index (χ0) is 15.8. The number of likely N-dealkylation sites (N-methyl/N-ethyl adjacent to an activating group) is 1. The van der Waals surface area contributed by atoms with E-state index < -0.39 is 0 Å². The first-order chi connectivity index (χ1) is 9.92. The number of amides is 2. The van der Waals surface area contributed by atoms with Crippen LogP contribution in [0, 0.1) is 0 Å². The average molecular weight is 309 g/mol. The largest absolute Gasteiger partial charge is 0.399 e. The minimum Gasteiger partial charge on any atom is -0.399 e. The highest BCUT2D eigenvalue weighted by Crippen LogP contribution is 2.19. The van der Waals surface area contributed by atoms with E-state index in [0.29, 0.717) is 18.0 Å². The normalized spacial score (nSPS) is 10.5. The third-order valence-corrected chi connectivity index (χ3v) is 3.76. The van der Waals surface area contributed by atoms with Gasteiger partial charge in [0.25, 0.3) is 0 Å². The van der Waals surface area contributed by atoms with Crippen molar-refractivity contribution in [1.29, 1.82) is 0 Å². The molecule has 0 atom stereocenters. The minimum atomic E-state index is -0.127. The van der Waals surface area contributed by atoms with Gasteiger partial charge < -0.3 is 16.0 Å². The maximum Gasteiger partial charge on any atom is 0.239 e. The molecule has 1 aromatic carbocycles. The molecule has 6 heteroatoms. The molecule has 0 saturated heterocycles. The maximum atomic E-state index is 12.1. The number of carbonyl (C=O) groups is 2. The molecule has 0 bridgehead atoms. The third kappa shape index (κ3) is 6.53. The Bertz CT molecular complexity index is 474. The number of nitrogens with two attached hydrogens (primary N) is 1. The molecule has 5 nitrogen and oxygen atoms in total. The molecule has 0 aliphatic rings. The standard InChI is InChI=1S/C15H23N3O2S/c1-4-18(9-14(19)17-11(2)3)15(20)10-21-13-7-5-12(16)6-8-13/h5-8,11H,4,9-10,16H2,1-3H3,(H,17,19). The van der Waals surface area contributed by atoms with E-state index in [9.17, 15) is 9.59 Å². The first-order valence-electron chi connectivity index (χ1n) is 6.97.